The average molecular weight is 185 g/mol. The highest BCUT2D eigenvalue weighted by Gasteiger charge is 2.57. The second-order valence-corrected chi connectivity index (χ2v) is 3.54. The highest BCUT2D eigenvalue weighted by Crippen LogP contribution is 2.38. The fraction of sp³-hybridized carbons (Fsp3) is 0.714. The molecule has 6 nitrogen and oxygen atoms in total. The Bertz CT molecular complexity index is 280. The highest BCUT2D eigenvalue weighted by molar-refractivity contribution is 5.94. The lowest BCUT2D eigenvalue weighted by atomic mass is 9.86. The van der Waals surface area contributed by atoms with Crippen molar-refractivity contribution in [3.8, 4) is 0 Å². The molecule has 72 valence electrons. The molecule has 1 heterocycles. The largest absolute Gasteiger partial charge is 0.368 e. The van der Waals surface area contributed by atoms with E-state index in [-0.39, 0.29) is 12.0 Å². The van der Waals surface area contributed by atoms with Crippen LogP contribution in [0.4, 0.5) is 0 Å². The van der Waals surface area contributed by atoms with Gasteiger partial charge in [-0.05, 0) is 12.8 Å². The number of primary amides is 1. The van der Waals surface area contributed by atoms with Crippen molar-refractivity contribution >= 4 is 11.8 Å². The Morgan fingerprint density at radius 2 is 2.38 bits per heavy atom. The summed E-state index contributed by atoms with van der Waals surface area (Å²) in [5.74, 6) is -1.60. The number of hydrogen-bond donors (Lipinski definition) is 3. The fourth-order valence-electron chi connectivity index (χ4n) is 2.04. The second kappa shape index (κ2) is 2.43. The van der Waals surface area contributed by atoms with Crippen molar-refractivity contribution in [2.75, 3.05) is 0 Å². The lowest BCUT2D eigenvalue weighted by Crippen LogP contribution is -2.57. The van der Waals surface area contributed by atoms with Crippen molar-refractivity contribution in [1.29, 1.82) is 0 Å². The van der Waals surface area contributed by atoms with Crippen molar-refractivity contribution in [2.24, 2.45) is 17.4 Å². The molecular weight excluding hydrogens is 174 g/mol. The van der Waals surface area contributed by atoms with Crippen molar-refractivity contribution in [2.45, 2.75) is 24.5 Å². The molecule has 0 bridgehead atoms. The molecule has 0 unspecified atom stereocenters. The first-order valence-electron chi connectivity index (χ1n) is 4.10. The minimum absolute atomic E-state index is 0.301. The standard InChI is InChI=1S/C7H11N3O3/c8-6(12)7(9)2-1-3-4(7)5(11)10-13-3/h3-4H,1-2,9H2,(H2,8,12)(H,10,11)/t3-,4+,7+/m0/s1. The molecule has 0 radical (unpaired) electrons. The summed E-state index contributed by atoms with van der Waals surface area (Å²) in [6.07, 6.45) is 0.693. The molecule has 1 aliphatic heterocycles. The summed E-state index contributed by atoms with van der Waals surface area (Å²) in [7, 11) is 0. The smallest absolute Gasteiger partial charge is 0.251 e. The SMILES string of the molecule is NC(=O)[C@@]1(N)CC[C@@H]2ONC(=O)[C@@H]21. The third-order valence-corrected chi connectivity index (χ3v) is 2.82. The molecule has 2 aliphatic rings. The van der Waals surface area contributed by atoms with Crippen LogP contribution >= 0.6 is 0 Å². The van der Waals surface area contributed by atoms with E-state index >= 15 is 0 Å². The Hall–Kier alpha value is -1.14. The lowest BCUT2D eigenvalue weighted by molar-refractivity contribution is -0.132. The number of amides is 2. The van der Waals surface area contributed by atoms with Crippen LogP contribution in [0.25, 0.3) is 0 Å². The van der Waals surface area contributed by atoms with Gasteiger partial charge in [0.1, 0.15) is 5.54 Å². The van der Waals surface area contributed by atoms with E-state index in [4.69, 9.17) is 16.3 Å². The van der Waals surface area contributed by atoms with Gasteiger partial charge in [0.2, 0.25) is 5.91 Å². The first-order chi connectivity index (χ1) is 6.05. The van der Waals surface area contributed by atoms with Crippen molar-refractivity contribution < 1.29 is 14.4 Å². The maximum absolute atomic E-state index is 11.3. The number of hydroxylamine groups is 1. The predicted molar refractivity (Wildman–Crippen MR) is 41.9 cm³/mol. The zero-order valence-electron chi connectivity index (χ0n) is 6.95. The number of hydrogen-bond acceptors (Lipinski definition) is 4. The van der Waals surface area contributed by atoms with Crippen LogP contribution < -0.4 is 16.9 Å². The Balaban J connectivity index is 2.33. The van der Waals surface area contributed by atoms with E-state index in [1.807, 2.05) is 0 Å². The molecule has 3 atom stereocenters. The van der Waals surface area contributed by atoms with Crippen molar-refractivity contribution in [3.05, 3.63) is 0 Å². The van der Waals surface area contributed by atoms with Gasteiger partial charge >= 0.3 is 0 Å². The molecule has 0 aromatic rings. The van der Waals surface area contributed by atoms with E-state index in [1.54, 1.807) is 0 Å². The molecule has 1 aliphatic carbocycles. The van der Waals surface area contributed by atoms with Gasteiger partial charge in [0.05, 0.1) is 12.0 Å². The topological polar surface area (TPSA) is 107 Å². The molecule has 6 heteroatoms. The maximum Gasteiger partial charge on any atom is 0.251 e. The van der Waals surface area contributed by atoms with E-state index in [2.05, 4.69) is 5.48 Å². The second-order valence-electron chi connectivity index (χ2n) is 3.54. The third-order valence-electron chi connectivity index (χ3n) is 2.82. The third kappa shape index (κ3) is 0.956. The Labute approximate surface area is 74.5 Å². The molecule has 2 amide bonds. The molecule has 13 heavy (non-hydrogen) atoms. The number of nitrogens with one attached hydrogen (secondary N) is 1. The molecule has 2 fully saturated rings. The fourth-order valence-corrected chi connectivity index (χ4v) is 2.04. The molecule has 5 N–H and O–H groups in total. The van der Waals surface area contributed by atoms with Gasteiger partial charge in [-0.1, -0.05) is 0 Å². The van der Waals surface area contributed by atoms with E-state index in [0.29, 0.717) is 12.8 Å². The zero-order valence-corrected chi connectivity index (χ0v) is 6.95. The van der Waals surface area contributed by atoms with Gasteiger partial charge in [-0.3, -0.25) is 14.4 Å². The summed E-state index contributed by atoms with van der Waals surface area (Å²) in [5, 5.41) is 0. The van der Waals surface area contributed by atoms with Gasteiger partial charge in [0.25, 0.3) is 5.91 Å². The summed E-state index contributed by atoms with van der Waals surface area (Å²) in [6.45, 7) is 0. The summed E-state index contributed by atoms with van der Waals surface area (Å²) in [6, 6.07) is 0. The van der Waals surface area contributed by atoms with E-state index in [9.17, 15) is 9.59 Å². The van der Waals surface area contributed by atoms with Gasteiger partial charge in [0, 0.05) is 0 Å². The van der Waals surface area contributed by atoms with Gasteiger partial charge in [-0.15, -0.1) is 0 Å². The Morgan fingerprint density at radius 3 is 3.00 bits per heavy atom. The summed E-state index contributed by atoms with van der Waals surface area (Å²) >= 11 is 0. The minimum Gasteiger partial charge on any atom is -0.368 e. The normalized spacial score (nSPS) is 43.0. The van der Waals surface area contributed by atoms with E-state index in [1.165, 1.54) is 0 Å². The van der Waals surface area contributed by atoms with E-state index in [0.717, 1.165) is 0 Å². The van der Waals surface area contributed by atoms with Crippen LogP contribution in [-0.2, 0) is 14.4 Å². The lowest BCUT2D eigenvalue weighted by Gasteiger charge is -2.23. The van der Waals surface area contributed by atoms with Crippen molar-refractivity contribution in [3.63, 3.8) is 0 Å². The van der Waals surface area contributed by atoms with Crippen LogP contribution in [0.3, 0.4) is 0 Å². The van der Waals surface area contributed by atoms with Gasteiger partial charge in [0.15, 0.2) is 0 Å². The predicted octanol–water partition coefficient (Wildman–Crippen LogP) is -1.99. The van der Waals surface area contributed by atoms with Crippen molar-refractivity contribution in [1.82, 2.24) is 5.48 Å². The first-order valence-corrected chi connectivity index (χ1v) is 4.10. The van der Waals surface area contributed by atoms with Gasteiger partial charge in [-0.25, -0.2) is 5.48 Å². The molecule has 1 saturated carbocycles. The van der Waals surface area contributed by atoms with Crippen LogP contribution in [0, 0.1) is 5.92 Å². The minimum atomic E-state index is -1.23. The highest BCUT2D eigenvalue weighted by atomic mass is 16.7. The summed E-state index contributed by atoms with van der Waals surface area (Å²) in [4.78, 5) is 27.3. The molecule has 2 rings (SSSR count). The molecule has 0 spiro atoms. The summed E-state index contributed by atoms with van der Waals surface area (Å²) < 4.78 is 0. The van der Waals surface area contributed by atoms with Crippen LogP contribution in [-0.4, -0.2) is 23.5 Å². The van der Waals surface area contributed by atoms with Crippen LogP contribution in [0.1, 0.15) is 12.8 Å². The number of nitrogens with two attached hydrogens (primary N) is 2. The van der Waals surface area contributed by atoms with Crippen LogP contribution in [0.2, 0.25) is 0 Å². The number of rotatable bonds is 1. The average Bonchev–Trinajstić information content (AvgIpc) is 2.57. The number of fused-ring (bicyclic) bond motifs is 1. The monoisotopic (exact) mass is 185 g/mol. The molecule has 0 aromatic carbocycles. The molecular formula is C7H11N3O3. The first kappa shape index (κ1) is 8.46. The molecule has 0 aromatic heterocycles. The van der Waals surface area contributed by atoms with Gasteiger partial charge in [-0.2, -0.15) is 0 Å². The number of carbonyl (C=O) groups excluding carboxylic acids is 2. The van der Waals surface area contributed by atoms with Gasteiger partial charge < -0.3 is 11.5 Å². The summed E-state index contributed by atoms with van der Waals surface area (Å²) in [5.41, 5.74) is 11.9. The quantitative estimate of drug-likeness (QED) is 0.439. The number of carbonyl (C=O) groups is 2. The van der Waals surface area contributed by atoms with E-state index < -0.39 is 17.4 Å². The molecule has 1 saturated heterocycles. The zero-order chi connectivity index (χ0) is 9.64. The van der Waals surface area contributed by atoms with Crippen LogP contribution in [0.15, 0.2) is 0 Å². The Morgan fingerprint density at radius 1 is 1.69 bits per heavy atom. The maximum atomic E-state index is 11.3. The van der Waals surface area contributed by atoms with Crippen LogP contribution in [0.5, 0.6) is 0 Å². The Kier molecular flexibility index (Phi) is 1.58.